The van der Waals surface area contributed by atoms with Gasteiger partial charge in [-0.05, 0) is 61.2 Å². The molecule has 2 aliphatic heterocycles. The molecule has 184 valence electrons. The van der Waals surface area contributed by atoms with E-state index in [-0.39, 0.29) is 30.6 Å². The maximum absolute atomic E-state index is 13.6. The van der Waals surface area contributed by atoms with Gasteiger partial charge in [-0.1, -0.05) is 25.1 Å². The van der Waals surface area contributed by atoms with Gasteiger partial charge >= 0.3 is 6.03 Å². The topological polar surface area (TPSA) is 71.1 Å². The number of para-hydroxylation sites is 1. The Labute approximate surface area is 206 Å². The van der Waals surface area contributed by atoms with Gasteiger partial charge in [0.2, 0.25) is 5.91 Å². The van der Waals surface area contributed by atoms with E-state index in [1.54, 1.807) is 16.2 Å². The Morgan fingerprint density at radius 3 is 2.91 bits per heavy atom. The zero-order chi connectivity index (χ0) is 23.9. The van der Waals surface area contributed by atoms with Crippen molar-refractivity contribution in [2.24, 2.45) is 0 Å². The first-order chi connectivity index (χ1) is 16.6. The Hall–Kier alpha value is -2.58. The van der Waals surface area contributed by atoms with Gasteiger partial charge in [-0.15, -0.1) is 11.3 Å². The van der Waals surface area contributed by atoms with Crippen LogP contribution < -0.4 is 10.1 Å². The molecular weight excluding hydrogens is 450 g/mol. The number of fused-ring (bicyclic) bond motifs is 1. The Morgan fingerprint density at radius 1 is 1.29 bits per heavy atom. The maximum Gasteiger partial charge on any atom is 0.317 e. The summed E-state index contributed by atoms with van der Waals surface area (Å²) >= 11 is 1.73. The van der Waals surface area contributed by atoms with Gasteiger partial charge in [-0.3, -0.25) is 4.79 Å². The maximum atomic E-state index is 13.6. The lowest BCUT2D eigenvalue weighted by Crippen LogP contribution is -2.51. The number of thiophene rings is 1. The summed E-state index contributed by atoms with van der Waals surface area (Å²) in [5.41, 5.74) is 2.22. The van der Waals surface area contributed by atoms with Crippen molar-refractivity contribution < 1.29 is 19.1 Å². The predicted molar refractivity (Wildman–Crippen MR) is 133 cm³/mol. The van der Waals surface area contributed by atoms with Gasteiger partial charge in [0, 0.05) is 31.1 Å². The number of ether oxygens (including phenoxy) is 2. The third kappa shape index (κ3) is 5.91. The summed E-state index contributed by atoms with van der Waals surface area (Å²) in [7, 11) is 0. The van der Waals surface area contributed by atoms with Crippen molar-refractivity contribution in [3.8, 4) is 5.75 Å². The zero-order valence-electron chi connectivity index (χ0n) is 20.1. The predicted octanol–water partition coefficient (Wildman–Crippen LogP) is 4.16. The fourth-order valence-corrected chi connectivity index (χ4v) is 5.54. The minimum absolute atomic E-state index is 0.00908. The van der Waals surface area contributed by atoms with Crippen molar-refractivity contribution in [2.75, 3.05) is 39.4 Å². The van der Waals surface area contributed by atoms with Gasteiger partial charge in [0.25, 0.3) is 0 Å². The normalized spacial score (nSPS) is 19.5. The highest BCUT2D eigenvalue weighted by Crippen LogP contribution is 2.34. The van der Waals surface area contributed by atoms with E-state index >= 15 is 0 Å². The third-order valence-corrected chi connectivity index (χ3v) is 7.49. The summed E-state index contributed by atoms with van der Waals surface area (Å²) < 4.78 is 11.9. The van der Waals surface area contributed by atoms with Crippen LogP contribution in [0.1, 0.15) is 48.2 Å². The average molecular weight is 486 g/mol. The molecular formula is C26H35N3O4S. The highest BCUT2D eigenvalue weighted by atomic mass is 32.1. The minimum Gasteiger partial charge on any atom is -0.491 e. The van der Waals surface area contributed by atoms with Crippen LogP contribution in [0.4, 0.5) is 4.79 Å². The second kappa shape index (κ2) is 11.7. The molecule has 3 heterocycles. The fourth-order valence-electron chi connectivity index (χ4n) is 4.61. The van der Waals surface area contributed by atoms with E-state index < -0.39 is 0 Å². The highest BCUT2D eigenvalue weighted by molar-refractivity contribution is 7.10. The monoisotopic (exact) mass is 485 g/mol. The largest absolute Gasteiger partial charge is 0.491 e. The smallest absolute Gasteiger partial charge is 0.317 e. The van der Waals surface area contributed by atoms with Crippen LogP contribution in [0.25, 0.3) is 0 Å². The summed E-state index contributed by atoms with van der Waals surface area (Å²) in [6.45, 7) is 6.82. The lowest BCUT2D eigenvalue weighted by Gasteiger charge is -2.37. The molecule has 1 aromatic carbocycles. The first-order valence-corrected chi connectivity index (χ1v) is 13.1. The fraction of sp³-hybridized carbons (Fsp3) is 0.538. The molecule has 2 aliphatic rings. The Balaban J connectivity index is 1.48. The molecule has 3 amide bonds. The molecule has 0 radical (unpaired) electrons. The molecule has 34 heavy (non-hydrogen) atoms. The summed E-state index contributed by atoms with van der Waals surface area (Å²) in [6.07, 6.45) is 3.58. The molecule has 1 fully saturated rings. The van der Waals surface area contributed by atoms with Crippen LogP contribution in [0, 0.1) is 6.92 Å². The lowest BCUT2D eigenvalue weighted by molar-refractivity contribution is -0.135. The molecule has 1 saturated heterocycles. The molecule has 0 bridgehead atoms. The van der Waals surface area contributed by atoms with Gasteiger partial charge in [0.15, 0.2) is 0 Å². The number of nitrogens with one attached hydrogen (secondary N) is 1. The van der Waals surface area contributed by atoms with Crippen LogP contribution in [0.15, 0.2) is 35.7 Å². The van der Waals surface area contributed by atoms with Crippen molar-refractivity contribution in [1.29, 1.82) is 0 Å². The van der Waals surface area contributed by atoms with Crippen LogP contribution in [-0.4, -0.2) is 67.2 Å². The molecule has 8 heteroatoms. The van der Waals surface area contributed by atoms with Crippen LogP contribution in [0.5, 0.6) is 5.75 Å². The molecule has 0 spiro atoms. The Kier molecular flexibility index (Phi) is 8.45. The van der Waals surface area contributed by atoms with Gasteiger partial charge in [0.1, 0.15) is 18.9 Å². The zero-order valence-corrected chi connectivity index (χ0v) is 20.9. The van der Waals surface area contributed by atoms with Crippen LogP contribution >= 0.6 is 11.3 Å². The van der Waals surface area contributed by atoms with Crippen molar-refractivity contribution in [3.63, 3.8) is 0 Å². The van der Waals surface area contributed by atoms with Crippen molar-refractivity contribution >= 4 is 23.3 Å². The quantitative estimate of drug-likeness (QED) is 0.579. The molecule has 0 saturated carbocycles. The number of benzene rings is 1. The van der Waals surface area contributed by atoms with E-state index in [0.717, 1.165) is 42.6 Å². The molecule has 2 aromatic rings. The van der Waals surface area contributed by atoms with Crippen LogP contribution in [0.2, 0.25) is 0 Å². The minimum atomic E-state index is -0.202. The molecule has 2 unspecified atom stereocenters. The number of amides is 3. The van der Waals surface area contributed by atoms with Gasteiger partial charge in [-0.2, -0.15) is 0 Å². The number of carbonyl (C=O) groups is 2. The number of nitrogens with zero attached hydrogens (tertiary/aromatic N) is 2. The van der Waals surface area contributed by atoms with E-state index in [1.807, 2.05) is 43.0 Å². The number of hydrogen-bond acceptors (Lipinski definition) is 5. The number of carbonyl (C=O) groups excluding carboxylic acids is 2. The van der Waals surface area contributed by atoms with Crippen molar-refractivity contribution in [3.05, 3.63) is 51.7 Å². The summed E-state index contributed by atoms with van der Waals surface area (Å²) in [6, 6.07) is 9.65. The number of aryl methyl sites for hydroxylation is 1. The molecule has 1 aromatic heterocycles. The highest BCUT2D eigenvalue weighted by Gasteiger charge is 2.34. The van der Waals surface area contributed by atoms with E-state index in [2.05, 4.69) is 16.8 Å². The number of rotatable bonds is 9. The second-order valence-corrected chi connectivity index (χ2v) is 9.98. The van der Waals surface area contributed by atoms with Gasteiger partial charge < -0.3 is 24.6 Å². The molecule has 7 nitrogen and oxygen atoms in total. The Morgan fingerprint density at radius 2 is 2.15 bits per heavy atom. The SMILES string of the molecule is CCCNC(=O)N(CC(=O)N1CCc2sccc2C1COc1ccccc1C)CC1CCCO1. The Bertz CT molecular complexity index is 972. The van der Waals surface area contributed by atoms with E-state index in [4.69, 9.17) is 9.47 Å². The van der Waals surface area contributed by atoms with E-state index in [0.29, 0.717) is 32.8 Å². The summed E-state index contributed by atoms with van der Waals surface area (Å²) in [5.74, 6) is 0.774. The van der Waals surface area contributed by atoms with E-state index in [1.165, 1.54) is 4.88 Å². The standard InChI is InChI=1S/C26H35N3O4S/c1-3-12-27-26(31)28(16-20-8-6-14-32-20)17-25(30)29-13-10-24-21(11-15-34-24)22(29)18-33-23-9-5-4-7-19(23)2/h4-5,7,9,11,15,20,22H,3,6,8,10,12-14,16-18H2,1-2H3,(H,27,31). The first-order valence-electron chi connectivity index (χ1n) is 12.2. The van der Waals surface area contributed by atoms with E-state index in [9.17, 15) is 9.59 Å². The van der Waals surface area contributed by atoms with Crippen LogP contribution in [0.3, 0.4) is 0 Å². The van der Waals surface area contributed by atoms with Gasteiger partial charge in [0.05, 0.1) is 12.1 Å². The van der Waals surface area contributed by atoms with Crippen molar-refractivity contribution in [2.45, 2.75) is 51.7 Å². The summed E-state index contributed by atoms with van der Waals surface area (Å²) in [4.78, 5) is 31.3. The number of hydrogen-bond donors (Lipinski definition) is 1. The first kappa shape index (κ1) is 24.5. The molecule has 1 N–H and O–H groups in total. The summed E-state index contributed by atoms with van der Waals surface area (Å²) in [5, 5.41) is 5.01. The van der Waals surface area contributed by atoms with Crippen LogP contribution in [-0.2, 0) is 16.0 Å². The van der Waals surface area contributed by atoms with Gasteiger partial charge in [-0.25, -0.2) is 4.79 Å². The lowest BCUT2D eigenvalue weighted by atomic mass is 10.0. The average Bonchev–Trinajstić information content (AvgIpc) is 3.53. The van der Waals surface area contributed by atoms with Crippen molar-refractivity contribution in [1.82, 2.24) is 15.1 Å². The second-order valence-electron chi connectivity index (χ2n) is 8.98. The molecule has 2 atom stereocenters. The number of urea groups is 1. The molecule has 4 rings (SSSR count). The third-order valence-electron chi connectivity index (χ3n) is 6.49. The molecule has 0 aliphatic carbocycles.